The van der Waals surface area contributed by atoms with Gasteiger partial charge in [-0.05, 0) is 25.1 Å². The molecular weight excluding hydrogens is 268 g/mol. The van der Waals surface area contributed by atoms with E-state index in [-0.39, 0.29) is 17.5 Å². The van der Waals surface area contributed by atoms with Gasteiger partial charge in [0.15, 0.2) is 6.10 Å². The first-order chi connectivity index (χ1) is 10.1. The lowest BCUT2D eigenvalue weighted by Gasteiger charge is -2.15. The molecule has 106 valence electrons. The normalized spacial score (nSPS) is 11.4. The van der Waals surface area contributed by atoms with Crippen molar-refractivity contribution in [2.45, 2.75) is 19.4 Å². The van der Waals surface area contributed by atoms with Gasteiger partial charge in [-0.3, -0.25) is 9.78 Å². The predicted molar refractivity (Wildman–Crippen MR) is 77.6 cm³/mol. The zero-order valence-electron chi connectivity index (χ0n) is 11.5. The summed E-state index contributed by atoms with van der Waals surface area (Å²) in [7, 11) is 0. The van der Waals surface area contributed by atoms with Crippen molar-refractivity contribution in [1.82, 2.24) is 9.97 Å². The third-order valence-corrected chi connectivity index (χ3v) is 2.78. The number of esters is 1. The van der Waals surface area contributed by atoms with Gasteiger partial charge in [0, 0.05) is 18.0 Å². The molecule has 0 saturated carbocycles. The Morgan fingerprint density at radius 3 is 2.90 bits per heavy atom. The van der Waals surface area contributed by atoms with Crippen molar-refractivity contribution < 1.29 is 9.53 Å². The molecular formula is C16H14N2O3. The SMILES string of the molecule is C#CCC(OC(=O)c1cc(C)[nH]c(=O)c1)c1ccccn1. The number of H-pyrrole nitrogens is 1. The number of aromatic amines is 1. The predicted octanol–water partition coefficient (Wildman–Crippen LogP) is 2.00. The van der Waals surface area contributed by atoms with E-state index in [4.69, 9.17) is 11.2 Å². The molecule has 0 aliphatic carbocycles. The zero-order chi connectivity index (χ0) is 15.2. The van der Waals surface area contributed by atoms with E-state index in [1.807, 2.05) is 0 Å². The van der Waals surface area contributed by atoms with Crippen molar-refractivity contribution in [1.29, 1.82) is 0 Å². The maximum absolute atomic E-state index is 12.1. The van der Waals surface area contributed by atoms with Gasteiger partial charge in [0.1, 0.15) is 0 Å². The molecule has 21 heavy (non-hydrogen) atoms. The van der Waals surface area contributed by atoms with Gasteiger partial charge in [0.2, 0.25) is 5.56 Å². The molecule has 0 spiro atoms. The van der Waals surface area contributed by atoms with Crippen LogP contribution in [0.4, 0.5) is 0 Å². The Balaban J connectivity index is 2.23. The average Bonchev–Trinajstić information content (AvgIpc) is 2.46. The van der Waals surface area contributed by atoms with Gasteiger partial charge in [-0.25, -0.2) is 4.79 Å². The molecule has 0 fully saturated rings. The molecule has 0 radical (unpaired) electrons. The molecule has 0 aromatic carbocycles. The van der Waals surface area contributed by atoms with Crippen molar-refractivity contribution in [3.63, 3.8) is 0 Å². The van der Waals surface area contributed by atoms with Crippen molar-refractivity contribution >= 4 is 5.97 Å². The molecule has 0 amide bonds. The maximum atomic E-state index is 12.1. The van der Waals surface area contributed by atoms with Crippen molar-refractivity contribution in [3.8, 4) is 12.3 Å². The average molecular weight is 282 g/mol. The molecule has 2 heterocycles. The molecule has 5 heteroatoms. The summed E-state index contributed by atoms with van der Waals surface area (Å²) >= 11 is 0. The lowest BCUT2D eigenvalue weighted by atomic mass is 10.1. The molecule has 2 rings (SSSR count). The summed E-state index contributed by atoms with van der Waals surface area (Å²) in [5, 5.41) is 0. The third kappa shape index (κ3) is 3.80. The molecule has 1 N–H and O–H groups in total. The summed E-state index contributed by atoms with van der Waals surface area (Å²) in [4.78, 5) is 30.2. The van der Waals surface area contributed by atoms with Crippen molar-refractivity contribution in [2.24, 2.45) is 0 Å². The second-order valence-electron chi connectivity index (χ2n) is 4.47. The van der Waals surface area contributed by atoms with Crippen LogP contribution in [-0.4, -0.2) is 15.9 Å². The van der Waals surface area contributed by atoms with Crippen LogP contribution < -0.4 is 5.56 Å². The topological polar surface area (TPSA) is 72.1 Å². The number of terminal acetylenes is 1. The number of hydrogen-bond acceptors (Lipinski definition) is 4. The van der Waals surface area contributed by atoms with Crippen LogP contribution in [0, 0.1) is 19.3 Å². The van der Waals surface area contributed by atoms with Gasteiger partial charge in [-0.2, -0.15) is 0 Å². The number of aryl methyl sites for hydroxylation is 1. The highest BCUT2D eigenvalue weighted by molar-refractivity contribution is 5.89. The van der Waals surface area contributed by atoms with Crippen LogP contribution in [0.3, 0.4) is 0 Å². The van der Waals surface area contributed by atoms with E-state index in [2.05, 4.69) is 15.9 Å². The standard InChI is InChI=1S/C16H14N2O3/c1-3-6-14(13-7-4-5-8-17-13)21-16(20)12-9-11(2)18-15(19)10-12/h1,4-5,7-10,14H,6H2,2H3,(H,18,19). The molecule has 2 aromatic rings. The Bertz CT molecular complexity index is 729. The van der Waals surface area contributed by atoms with Crippen LogP contribution in [-0.2, 0) is 4.74 Å². The molecule has 2 aromatic heterocycles. The van der Waals surface area contributed by atoms with Gasteiger partial charge in [-0.15, -0.1) is 12.3 Å². The van der Waals surface area contributed by atoms with Crippen LogP contribution >= 0.6 is 0 Å². The Hall–Kier alpha value is -2.87. The number of carbonyl (C=O) groups excluding carboxylic acids is 1. The van der Waals surface area contributed by atoms with Gasteiger partial charge in [0.25, 0.3) is 0 Å². The number of carbonyl (C=O) groups is 1. The lowest BCUT2D eigenvalue weighted by molar-refractivity contribution is 0.0298. The third-order valence-electron chi connectivity index (χ3n) is 2.78. The smallest absolute Gasteiger partial charge is 0.339 e. The number of aromatic nitrogens is 2. The quantitative estimate of drug-likeness (QED) is 0.687. The first-order valence-electron chi connectivity index (χ1n) is 6.36. The highest BCUT2D eigenvalue weighted by Crippen LogP contribution is 2.20. The molecule has 5 nitrogen and oxygen atoms in total. The zero-order valence-corrected chi connectivity index (χ0v) is 11.5. The number of ether oxygens (including phenoxy) is 1. The highest BCUT2D eigenvalue weighted by Gasteiger charge is 2.18. The lowest BCUT2D eigenvalue weighted by Crippen LogP contribution is -2.16. The van der Waals surface area contributed by atoms with Crippen LogP contribution in [0.25, 0.3) is 0 Å². The molecule has 1 unspecified atom stereocenters. The van der Waals surface area contributed by atoms with E-state index in [1.54, 1.807) is 37.4 Å². The largest absolute Gasteiger partial charge is 0.451 e. The Morgan fingerprint density at radius 1 is 1.48 bits per heavy atom. The number of rotatable bonds is 4. The first-order valence-corrected chi connectivity index (χ1v) is 6.36. The van der Waals surface area contributed by atoms with Gasteiger partial charge in [-0.1, -0.05) is 6.07 Å². The van der Waals surface area contributed by atoms with E-state index in [0.29, 0.717) is 11.4 Å². The van der Waals surface area contributed by atoms with Crippen LogP contribution in [0.2, 0.25) is 0 Å². The molecule has 0 aliphatic heterocycles. The van der Waals surface area contributed by atoms with E-state index in [0.717, 1.165) is 0 Å². The summed E-state index contributed by atoms with van der Waals surface area (Å²) in [5.41, 5.74) is 0.994. The Kier molecular flexibility index (Phi) is 4.52. The Labute approximate surface area is 122 Å². The second-order valence-corrected chi connectivity index (χ2v) is 4.47. The Morgan fingerprint density at radius 2 is 2.29 bits per heavy atom. The number of nitrogens with one attached hydrogen (secondary N) is 1. The highest BCUT2D eigenvalue weighted by atomic mass is 16.5. The van der Waals surface area contributed by atoms with E-state index >= 15 is 0 Å². The van der Waals surface area contributed by atoms with Gasteiger partial charge in [0.05, 0.1) is 17.7 Å². The van der Waals surface area contributed by atoms with Gasteiger partial charge < -0.3 is 9.72 Å². The van der Waals surface area contributed by atoms with Crippen LogP contribution in [0.1, 0.15) is 34.3 Å². The van der Waals surface area contributed by atoms with Crippen LogP contribution in [0.5, 0.6) is 0 Å². The maximum Gasteiger partial charge on any atom is 0.339 e. The summed E-state index contributed by atoms with van der Waals surface area (Å²) in [6, 6.07) is 8.03. The van der Waals surface area contributed by atoms with E-state index in [1.165, 1.54) is 6.07 Å². The summed E-state index contributed by atoms with van der Waals surface area (Å²) < 4.78 is 5.38. The first kappa shape index (κ1) is 14.5. The summed E-state index contributed by atoms with van der Waals surface area (Å²) in [6.45, 7) is 1.69. The summed E-state index contributed by atoms with van der Waals surface area (Å²) in [5.74, 6) is 1.86. The second kappa shape index (κ2) is 6.53. The minimum Gasteiger partial charge on any atom is -0.451 e. The van der Waals surface area contributed by atoms with Crippen LogP contribution in [0.15, 0.2) is 41.3 Å². The molecule has 1 atom stereocenters. The fourth-order valence-corrected chi connectivity index (χ4v) is 1.88. The number of pyridine rings is 2. The molecule has 0 aliphatic rings. The number of nitrogens with zero attached hydrogens (tertiary/aromatic N) is 1. The number of hydrogen-bond donors (Lipinski definition) is 1. The van der Waals surface area contributed by atoms with Gasteiger partial charge >= 0.3 is 5.97 Å². The van der Waals surface area contributed by atoms with Crippen molar-refractivity contribution in [2.75, 3.05) is 0 Å². The van der Waals surface area contributed by atoms with Crippen molar-refractivity contribution in [3.05, 3.63) is 63.8 Å². The monoisotopic (exact) mass is 282 g/mol. The molecule has 0 saturated heterocycles. The fourth-order valence-electron chi connectivity index (χ4n) is 1.88. The fraction of sp³-hybridized carbons (Fsp3) is 0.188. The molecule has 0 bridgehead atoms. The van der Waals surface area contributed by atoms with E-state index in [9.17, 15) is 9.59 Å². The van der Waals surface area contributed by atoms with E-state index < -0.39 is 12.1 Å². The minimum atomic E-state index is -0.636. The summed E-state index contributed by atoms with van der Waals surface area (Å²) in [6.07, 6.45) is 6.48. The minimum absolute atomic E-state index is 0.189.